The van der Waals surface area contributed by atoms with Crippen molar-refractivity contribution >= 4 is 21.9 Å². The summed E-state index contributed by atoms with van der Waals surface area (Å²) in [5, 5.41) is 7.17. The zero-order valence-electron chi connectivity index (χ0n) is 12.6. The minimum absolute atomic E-state index is 0.467. The number of aliphatic imine (C=N–C) groups is 1. The van der Waals surface area contributed by atoms with Gasteiger partial charge in [-0.2, -0.15) is 5.10 Å². The van der Waals surface area contributed by atoms with Crippen LogP contribution in [0.15, 0.2) is 33.7 Å². The van der Waals surface area contributed by atoms with Crippen LogP contribution in [0.25, 0.3) is 11.4 Å². The average Bonchev–Trinajstić information content (AvgIpc) is 2.87. The largest absolute Gasteiger partial charge is 0.349 e. The summed E-state index contributed by atoms with van der Waals surface area (Å²) in [6, 6.07) is 7.90. The van der Waals surface area contributed by atoms with Crippen LogP contribution >= 0.6 is 15.9 Å². The van der Waals surface area contributed by atoms with Crippen LogP contribution in [0.3, 0.4) is 0 Å². The molecule has 0 atom stereocenters. The number of hydrogen-bond donors (Lipinski definition) is 1. The van der Waals surface area contributed by atoms with Crippen molar-refractivity contribution in [2.45, 2.75) is 6.54 Å². The zero-order valence-corrected chi connectivity index (χ0v) is 14.2. The van der Waals surface area contributed by atoms with Gasteiger partial charge in [0.1, 0.15) is 12.4 Å². The third kappa shape index (κ3) is 4.04. The second-order valence-electron chi connectivity index (χ2n) is 5.02. The van der Waals surface area contributed by atoms with Gasteiger partial charge in [-0.3, -0.25) is 5.10 Å². The third-order valence-electron chi connectivity index (χ3n) is 2.80. The molecule has 0 bridgehead atoms. The van der Waals surface area contributed by atoms with Crippen molar-refractivity contribution < 1.29 is 0 Å². The number of halogens is 1. The van der Waals surface area contributed by atoms with Gasteiger partial charge in [-0.15, -0.1) is 0 Å². The van der Waals surface area contributed by atoms with Crippen LogP contribution < -0.4 is 0 Å². The highest BCUT2D eigenvalue weighted by molar-refractivity contribution is 9.10. The van der Waals surface area contributed by atoms with Gasteiger partial charge in [0.15, 0.2) is 11.8 Å². The SMILES string of the molecule is CN(C)C(=NCc1nc(-c2ccc(Br)cc2)n[nH]1)N(C)C. The Morgan fingerprint density at radius 3 is 2.33 bits per heavy atom. The summed E-state index contributed by atoms with van der Waals surface area (Å²) >= 11 is 3.42. The number of H-pyrrole nitrogens is 1. The van der Waals surface area contributed by atoms with E-state index in [0.29, 0.717) is 12.4 Å². The maximum Gasteiger partial charge on any atom is 0.195 e. The lowest BCUT2D eigenvalue weighted by Gasteiger charge is -2.22. The molecule has 0 aliphatic heterocycles. The lowest BCUT2D eigenvalue weighted by atomic mass is 10.2. The predicted molar refractivity (Wildman–Crippen MR) is 88.0 cm³/mol. The summed E-state index contributed by atoms with van der Waals surface area (Å²) in [6.45, 7) is 0.467. The highest BCUT2D eigenvalue weighted by Gasteiger charge is 2.07. The quantitative estimate of drug-likeness (QED) is 0.680. The third-order valence-corrected chi connectivity index (χ3v) is 3.33. The van der Waals surface area contributed by atoms with Crippen LogP contribution in [-0.2, 0) is 6.54 Å². The average molecular weight is 351 g/mol. The fourth-order valence-corrected chi connectivity index (χ4v) is 2.19. The van der Waals surface area contributed by atoms with Crippen LogP contribution in [0.2, 0.25) is 0 Å². The molecule has 0 amide bonds. The molecule has 1 aromatic heterocycles. The van der Waals surface area contributed by atoms with Crippen LogP contribution in [-0.4, -0.2) is 59.1 Å². The fraction of sp³-hybridized carbons (Fsp3) is 0.357. The molecule has 0 spiro atoms. The highest BCUT2D eigenvalue weighted by atomic mass is 79.9. The first-order chi connectivity index (χ1) is 9.97. The number of nitrogens with zero attached hydrogens (tertiary/aromatic N) is 5. The molecule has 6 nitrogen and oxygen atoms in total. The lowest BCUT2D eigenvalue weighted by molar-refractivity contribution is 0.478. The molecule has 0 saturated heterocycles. The van der Waals surface area contributed by atoms with E-state index in [2.05, 4.69) is 36.1 Å². The van der Waals surface area contributed by atoms with Gasteiger partial charge in [0, 0.05) is 38.2 Å². The molecule has 0 aliphatic carbocycles. The maximum atomic E-state index is 4.54. The smallest absolute Gasteiger partial charge is 0.195 e. The summed E-state index contributed by atoms with van der Waals surface area (Å²) in [4.78, 5) is 12.9. The summed E-state index contributed by atoms with van der Waals surface area (Å²) in [7, 11) is 7.86. The van der Waals surface area contributed by atoms with Crippen LogP contribution in [0.4, 0.5) is 0 Å². The number of rotatable bonds is 3. The first-order valence-electron chi connectivity index (χ1n) is 6.53. The van der Waals surface area contributed by atoms with Crippen molar-refractivity contribution in [1.29, 1.82) is 0 Å². The van der Waals surface area contributed by atoms with Gasteiger partial charge in [-0.05, 0) is 12.1 Å². The van der Waals surface area contributed by atoms with Crippen molar-refractivity contribution in [2.75, 3.05) is 28.2 Å². The fourth-order valence-electron chi connectivity index (χ4n) is 1.92. The highest BCUT2D eigenvalue weighted by Crippen LogP contribution is 2.18. The van der Waals surface area contributed by atoms with Crippen LogP contribution in [0, 0.1) is 0 Å². The molecule has 112 valence electrons. The number of aromatic nitrogens is 3. The Balaban J connectivity index is 2.13. The molecule has 0 aliphatic rings. The van der Waals surface area contributed by atoms with Gasteiger partial charge in [0.25, 0.3) is 0 Å². The van der Waals surface area contributed by atoms with Gasteiger partial charge in [-0.25, -0.2) is 9.98 Å². The second kappa shape index (κ2) is 6.71. The van der Waals surface area contributed by atoms with E-state index in [1.54, 1.807) is 0 Å². The van der Waals surface area contributed by atoms with Crippen molar-refractivity contribution in [3.8, 4) is 11.4 Å². The Bertz CT molecular complexity index is 605. The zero-order chi connectivity index (χ0) is 15.4. The number of hydrogen-bond acceptors (Lipinski definition) is 3. The van der Waals surface area contributed by atoms with E-state index in [-0.39, 0.29) is 0 Å². The van der Waals surface area contributed by atoms with Gasteiger partial charge in [0.05, 0.1) is 0 Å². The summed E-state index contributed by atoms with van der Waals surface area (Å²) in [6.07, 6.45) is 0. The Kier molecular flexibility index (Phi) is 4.95. The predicted octanol–water partition coefficient (Wildman–Crippen LogP) is 2.21. The number of aromatic amines is 1. The maximum absolute atomic E-state index is 4.54. The van der Waals surface area contributed by atoms with Crippen LogP contribution in [0.1, 0.15) is 5.82 Å². The van der Waals surface area contributed by atoms with Crippen LogP contribution in [0.5, 0.6) is 0 Å². The molecule has 0 unspecified atom stereocenters. The Labute approximate surface area is 133 Å². The van der Waals surface area contributed by atoms with Crippen molar-refractivity contribution in [2.24, 2.45) is 4.99 Å². The summed E-state index contributed by atoms with van der Waals surface area (Å²) in [5.41, 5.74) is 0.977. The molecular formula is C14H19BrN6. The molecule has 0 saturated carbocycles. The summed E-state index contributed by atoms with van der Waals surface area (Å²) < 4.78 is 1.04. The number of guanidine groups is 1. The topological polar surface area (TPSA) is 60.4 Å². The molecule has 21 heavy (non-hydrogen) atoms. The first-order valence-corrected chi connectivity index (χ1v) is 7.33. The molecule has 1 N–H and O–H groups in total. The lowest BCUT2D eigenvalue weighted by Crippen LogP contribution is -2.35. The molecule has 2 aromatic rings. The van der Waals surface area contributed by atoms with Gasteiger partial charge in [-0.1, -0.05) is 28.1 Å². The molecular weight excluding hydrogens is 332 g/mol. The number of benzene rings is 1. The first kappa shape index (κ1) is 15.5. The Hall–Kier alpha value is -1.89. The molecule has 0 fully saturated rings. The van der Waals surface area contributed by atoms with E-state index in [1.165, 1.54) is 0 Å². The van der Waals surface area contributed by atoms with E-state index < -0.39 is 0 Å². The molecule has 1 heterocycles. The van der Waals surface area contributed by atoms with E-state index in [9.17, 15) is 0 Å². The van der Waals surface area contributed by atoms with E-state index in [0.717, 1.165) is 21.8 Å². The van der Waals surface area contributed by atoms with E-state index >= 15 is 0 Å². The minimum atomic E-state index is 0.467. The van der Waals surface area contributed by atoms with Crippen molar-refractivity contribution in [3.63, 3.8) is 0 Å². The van der Waals surface area contributed by atoms with Crippen molar-refractivity contribution in [1.82, 2.24) is 25.0 Å². The van der Waals surface area contributed by atoms with Gasteiger partial charge in [0.2, 0.25) is 0 Å². The Morgan fingerprint density at radius 1 is 1.14 bits per heavy atom. The van der Waals surface area contributed by atoms with E-state index in [1.807, 2.05) is 62.3 Å². The minimum Gasteiger partial charge on any atom is -0.349 e. The Morgan fingerprint density at radius 2 is 1.76 bits per heavy atom. The van der Waals surface area contributed by atoms with E-state index in [4.69, 9.17) is 0 Å². The normalized spacial score (nSPS) is 10.3. The molecule has 0 radical (unpaired) electrons. The monoisotopic (exact) mass is 350 g/mol. The summed E-state index contributed by atoms with van der Waals surface area (Å²) in [5.74, 6) is 2.31. The molecule has 1 aromatic carbocycles. The molecule has 7 heteroatoms. The number of nitrogens with one attached hydrogen (secondary N) is 1. The molecule has 2 rings (SSSR count). The van der Waals surface area contributed by atoms with Crippen molar-refractivity contribution in [3.05, 3.63) is 34.6 Å². The second-order valence-corrected chi connectivity index (χ2v) is 5.93. The standard InChI is InChI=1S/C14H19BrN6/c1-20(2)14(21(3)4)16-9-12-17-13(19-18-12)10-5-7-11(15)8-6-10/h5-8H,9H2,1-4H3,(H,17,18,19). The van der Waals surface area contributed by atoms with Gasteiger partial charge >= 0.3 is 0 Å². The van der Waals surface area contributed by atoms with Gasteiger partial charge < -0.3 is 9.80 Å².